The molecule has 1 fully saturated rings. The van der Waals surface area contributed by atoms with E-state index in [-0.39, 0.29) is 0 Å². The van der Waals surface area contributed by atoms with Crippen molar-refractivity contribution in [3.05, 3.63) is 17.3 Å². The van der Waals surface area contributed by atoms with E-state index < -0.39 is 5.60 Å². The standard InChI is InChI=1S/C14H22N4OS/c1-14(2,19)9-17(3)12-11(8-15-10-4-5-10)18-6-7-20-13(18)16-12/h6-7,10,15,19H,4-5,8-9H2,1-3H3. The molecule has 0 bridgehead atoms. The summed E-state index contributed by atoms with van der Waals surface area (Å²) in [6.07, 6.45) is 4.62. The molecular formula is C14H22N4OS. The smallest absolute Gasteiger partial charge is 0.195 e. The highest BCUT2D eigenvalue weighted by molar-refractivity contribution is 7.15. The Labute approximate surface area is 123 Å². The Balaban J connectivity index is 1.87. The largest absolute Gasteiger partial charge is 0.389 e. The second-order valence-corrected chi connectivity index (χ2v) is 7.13. The number of aromatic nitrogens is 2. The molecule has 2 aromatic heterocycles. The molecule has 110 valence electrons. The summed E-state index contributed by atoms with van der Waals surface area (Å²) in [5.74, 6) is 0.965. The van der Waals surface area contributed by atoms with E-state index in [9.17, 15) is 5.11 Å². The molecule has 0 unspecified atom stereocenters. The first-order chi connectivity index (χ1) is 9.44. The van der Waals surface area contributed by atoms with Crippen LogP contribution in [0.4, 0.5) is 5.82 Å². The third-order valence-electron chi connectivity index (χ3n) is 3.46. The summed E-state index contributed by atoms with van der Waals surface area (Å²) in [5, 5.41) is 15.6. The van der Waals surface area contributed by atoms with Crippen LogP contribution in [0.25, 0.3) is 4.96 Å². The summed E-state index contributed by atoms with van der Waals surface area (Å²) in [6, 6.07) is 0.673. The number of aliphatic hydroxyl groups is 1. The Morgan fingerprint density at radius 3 is 2.95 bits per heavy atom. The summed E-state index contributed by atoms with van der Waals surface area (Å²) in [4.78, 5) is 7.77. The van der Waals surface area contributed by atoms with Crippen molar-refractivity contribution in [2.24, 2.45) is 0 Å². The van der Waals surface area contributed by atoms with Crippen LogP contribution in [0.2, 0.25) is 0 Å². The van der Waals surface area contributed by atoms with Crippen molar-refractivity contribution in [1.29, 1.82) is 0 Å². The molecule has 2 aromatic rings. The van der Waals surface area contributed by atoms with Gasteiger partial charge in [0.25, 0.3) is 0 Å². The second-order valence-electron chi connectivity index (χ2n) is 6.26. The van der Waals surface area contributed by atoms with E-state index >= 15 is 0 Å². The topological polar surface area (TPSA) is 52.8 Å². The molecule has 5 nitrogen and oxygen atoms in total. The Kier molecular flexibility index (Phi) is 3.48. The minimum atomic E-state index is -0.729. The Morgan fingerprint density at radius 2 is 2.30 bits per heavy atom. The van der Waals surface area contributed by atoms with E-state index in [0.717, 1.165) is 17.3 Å². The molecule has 6 heteroatoms. The number of hydrogen-bond donors (Lipinski definition) is 2. The number of hydrogen-bond acceptors (Lipinski definition) is 5. The van der Waals surface area contributed by atoms with Crippen molar-refractivity contribution in [2.75, 3.05) is 18.5 Å². The van der Waals surface area contributed by atoms with Crippen LogP contribution in [-0.2, 0) is 6.54 Å². The highest BCUT2D eigenvalue weighted by Gasteiger charge is 2.25. The fraction of sp³-hybridized carbons (Fsp3) is 0.643. The van der Waals surface area contributed by atoms with Gasteiger partial charge >= 0.3 is 0 Å². The first-order valence-corrected chi connectivity index (χ1v) is 7.93. The average Bonchev–Trinajstić information content (AvgIpc) is 2.93. The van der Waals surface area contributed by atoms with E-state index in [0.29, 0.717) is 12.6 Å². The zero-order valence-electron chi connectivity index (χ0n) is 12.3. The van der Waals surface area contributed by atoms with Gasteiger partial charge in [0.1, 0.15) is 0 Å². The molecule has 0 aliphatic heterocycles. The molecule has 0 atom stereocenters. The van der Waals surface area contributed by atoms with Crippen LogP contribution in [0.5, 0.6) is 0 Å². The quantitative estimate of drug-likeness (QED) is 0.854. The zero-order chi connectivity index (χ0) is 14.3. The summed E-state index contributed by atoms with van der Waals surface area (Å²) < 4.78 is 2.15. The second kappa shape index (κ2) is 5.02. The normalized spacial score (nSPS) is 16.0. The number of likely N-dealkylation sites (N-methyl/N-ethyl adjacent to an activating group) is 1. The van der Waals surface area contributed by atoms with Crippen LogP contribution < -0.4 is 10.2 Å². The summed E-state index contributed by atoms with van der Waals surface area (Å²) >= 11 is 1.64. The van der Waals surface area contributed by atoms with Gasteiger partial charge in [-0.1, -0.05) is 0 Å². The lowest BCUT2D eigenvalue weighted by atomic mass is 10.1. The molecular weight excluding hydrogens is 272 g/mol. The van der Waals surface area contributed by atoms with Gasteiger partial charge in [0, 0.05) is 37.8 Å². The lowest BCUT2D eigenvalue weighted by Gasteiger charge is -2.26. The summed E-state index contributed by atoms with van der Waals surface area (Å²) in [7, 11) is 1.99. The molecule has 20 heavy (non-hydrogen) atoms. The zero-order valence-corrected chi connectivity index (χ0v) is 13.1. The van der Waals surface area contributed by atoms with Crippen LogP contribution in [0.15, 0.2) is 11.6 Å². The molecule has 1 aliphatic rings. The average molecular weight is 294 g/mol. The van der Waals surface area contributed by atoms with Gasteiger partial charge < -0.3 is 15.3 Å². The molecule has 0 aromatic carbocycles. The fourth-order valence-corrected chi connectivity index (χ4v) is 3.20. The highest BCUT2D eigenvalue weighted by atomic mass is 32.1. The molecule has 0 radical (unpaired) electrons. The summed E-state index contributed by atoms with van der Waals surface area (Å²) in [6.45, 7) is 5.04. The molecule has 3 rings (SSSR count). The number of fused-ring (bicyclic) bond motifs is 1. The number of imidazole rings is 1. The van der Waals surface area contributed by atoms with Crippen LogP contribution in [0.3, 0.4) is 0 Å². The van der Waals surface area contributed by atoms with Gasteiger partial charge in [0.2, 0.25) is 0 Å². The van der Waals surface area contributed by atoms with Gasteiger partial charge in [-0.15, -0.1) is 11.3 Å². The lowest BCUT2D eigenvalue weighted by Crippen LogP contribution is -2.37. The van der Waals surface area contributed by atoms with Gasteiger partial charge in [-0.05, 0) is 26.7 Å². The predicted octanol–water partition coefficient (Wildman–Crippen LogP) is 1.85. The van der Waals surface area contributed by atoms with Crippen molar-refractivity contribution >= 4 is 22.1 Å². The molecule has 2 heterocycles. The van der Waals surface area contributed by atoms with Crippen molar-refractivity contribution in [3.63, 3.8) is 0 Å². The minimum absolute atomic E-state index is 0.564. The van der Waals surface area contributed by atoms with Gasteiger partial charge in [0.15, 0.2) is 10.8 Å². The van der Waals surface area contributed by atoms with E-state index in [4.69, 9.17) is 4.98 Å². The van der Waals surface area contributed by atoms with Crippen LogP contribution >= 0.6 is 11.3 Å². The van der Waals surface area contributed by atoms with Crippen molar-refractivity contribution in [2.45, 2.75) is 44.9 Å². The van der Waals surface area contributed by atoms with E-state index in [1.807, 2.05) is 25.8 Å². The number of nitrogens with zero attached hydrogens (tertiary/aromatic N) is 3. The van der Waals surface area contributed by atoms with Gasteiger partial charge in [-0.3, -0.25) is 4.40 Å². The molecule has 0 saturated heterocycles. The number of thiazole rings is 1. The molecule has 0 spiro atoms. The van der Waals surface area contributed by atoms with Crippen molar-refractivity contribution in [1.82, 2.24) is 14.7 Å². The minimum Gasteiger partial charge on any atom is -0.389 e. The fourth-order valence-electron chi connectivity index (χ4n) is 2.47. The molecule has 0 amide bonds. The number of rotatable bonds is 6. The van der Waals surface area contributed by atoms with Gasteiger partial charge in [-0.25, -0.2) is 4.98 Å². The van der Waals surface area contributed by atoms with Gasteiger partial charge in [-0.2, -0.15) is 0 Å². The molecule has 2 N–H and O–H groups in total. The van der Waals surface area contributed by atoms with Crippen molar-refractivity contribution in [3.8, 4) is 0 Å². The van der Waals surface area contributed by atoms with E-state index in [1.54, 1.807) is 11.3 Å². The third kappa shape index (κ3) is 2.97. The lowest BCUT2D eigenvalue weighted by molar-refractivity contribution is 0.0884. The number of nitrogens with one attached hydrogen (secondary N) is 1. The Bertz CT molecular complexity index is 594. The summed E-state index contributed by atoms with van der Waals surface area (Å²) in [5.41, 5.74) is 0.451. The maximum atomic E-state index is 10.0. The van der Waals surface area contributed by atoms with Crippen molar-refractivity contribution < 1.29 is 5.11 Å². The Morgan fingerprint density at radius 1 is 1.55 bits per heavy atom. The maximum Gasteiger partial charge on any atom is 0.195 e. The third-order valence-corrected chi connectivity index (χ3v) is 4.22. The first-order valence-electron chi connectivity index (χ1n) is 7.05. The van der Waals surface area contributed by atoms with Gasteiger partial charge in [0.05, 0.1) is 11.3 Å². The SMILES string of the molecule is CN(CC(C)(C)O)c1nc2sccn2c1CNC1CC1. The monoisotopic (exact) mass is 294 g/mol. The van der Waals surface area contributed by atoms with Crippen LogP contribution in [0, 0.1) is 0 Å². The van der Waals surface area contributed by atoms with E-state index in [1.165, 1.54) is 18.5 Å². The number of anilines is 1. The molecule has 1 saturated carbocycles. The van der Waals surface area contributed by atoms with Crippen LogP contribution in [-0.4, -0.2) is 39.7 Å². The maximum absolute atomic E-state index is 10.0. The van der Waals surface area contributed by atoms with E-state index in [2.05, 4.69) is 21.3 Å². The van der Waals surface area contributed by atoms with Crippen LogP contribution in [0.1, 0.15) is 32.4 Å². The Hall–Kier alpha value is -1.11. The predicted molar refractivity (Wildman–Crippen MR) is 82.5 cm³/mol. The first kappa shape index (κ1) is 13.9. The molecule has 1 aliphatic carbocycles. The highest BCUT2D eigenvalue weighted by Crippen LogP contribution is 2.26.